The number of rotatable bonds is 6. The molecular weight excluding hydrogens is 419 g/mol. The zero-order valence-electron chi connectivity index (χ0n) is 15.9. The van der Waals surface area contributed by atoms with Crippen molar-refractivity contribution in [1.82, 2.24) is 19.8 Å². The summed E-state index contributed by atoms with van der Waals surface area (Å²) >= 11 is 6.16. The van der Waals surface area contributed by atoms with Gasteiger partial charge in [-0.15, -0.1) is 5.10 Å². The first-order valence-corrected chi connectivity index (χ1v) is 9.51. The van der Waals surface area contributed by atoms with Gasteiger partial charge in [0.05, 0.1) is 11.1 Å². The van der Waals surface area contributed by atoms with E-state index in [1.165, 1.54) is 10.6 Å². The molecular formula is C20H17ClF3N5O. The number of ether oxygens (including phenoxy) is 1. The van der Waals surface area contributed by atoms with Crippen LogP contribution in [0.15, 0.2) is 42.5 Å². The molecule has 0 spiro atoms. The molecule has 0 aliphatic carbocycles. The van der Waals surface area contributed by atoms with Crippen LogP contribution in [0.1, 0.15) is 12.0 Å². The van der Waals surface area contributed by atoms with Crippen LogP contribution in [0.5, 0.6) is 0 Å². The molecule has 0 unspecified atom stereocenters. The van der Waals surface area contributed by atoms with Crippen molar-refractivity contribution in [3.63, 3.8) is 0 Å². The molecule has 10 heteroatoms. The maximum Gasteiger partial charge on any atom is 0.416 e. The van der Waals surface area contributed by atoms with Crippen LogP contribution in [0.25, 0.3) is 27.8 Å². The highest BCUT2D eigenvalue weighted by Gasteiger charge is 2.31. The molecule has 0 aliphatic heterocycles. The predicted octanol–water partition coefficient (Wildman–Crippen LogP) is 5.07. The minimum atomic E-state index is -4.45. The molecule has 0 saturated carbocycles. The molecule has 0 radical (unpaired) electrons. The molecule has 0 atom stereocenters. The first kappa shape index (κ1) is 20.4. The van der Waals surface area contributed by atoms with Crippen LogP contribution < -0.4 is 5.32 Å². The van der Waals surface area contributed by atoms with Gasteiger partial charge >= 0.3 is 6.18 Å². The Morgan fingerprint density at radius 3 is 2.77 bits per heavy atom. The molecule has 2 aromatic heterocycles. The first-order valence-electron chi connectivity index (χ1n) is 9.13. The molecule has 0 saturated heterocycles. The molecule has 4 aromatic rings. The zero-order chi connectivity index (χ0) is 21.3. The van der Waals surface area contributed by atoms with Crippen molar-refractivity contribution < 1.29 is 17.9 Å². The Kier molecular flexibility index (Phi) is 5.48. The molecule has 156 valence electrons. The van der Waals surface area contributed by atoms with Gasteiger partial charge in [-0.05, 0) is 36.8 Å². The van der Waals surface area contributed by atoms with Gasteiger partial charge in [0.15, 0.2) is 5.65 Å². The number of halogens is 4. The average molecular weight is 436 g/mol. The van der Waals surface area contributed by atoms with Crippen LogP contribution in [-0.2, 0) is 10.9 Å². The van der Waals surface area contributed by atoms with E-state index in [1.54, 1.807) is 31.4 Å². The topological polar surface area (TPSA) is 64.3 Å². The van der Waals surface area contributed by atoms with Crippen molar-refractivity contribution in [3.05, 3.63) is 53.1 Å². The summed E-state index contributed by atoms with van der Waals surface area (Å²) in [7, 11) is 1.62. The number of nitrogens with one attached hydrogen (secondary N) is 1. The summed E-state index contributed by atoms with van der Waals surface area (Å²) in [4.78, 5) is 4.62. The lowest BCUT2D eigenvalue weighted by Gasteiger charge is -2.11. The van der Waals surface area contributed by atoms with E-state index in [4.69, 9.17) is 16.3 Å². The summed E-state index contributed by atoms with van der Waals surface area (Å²) in [5.41, 5.74) is 0.818. The van der Waals surface area contributed by atoms with Gasteiger partial charge in [-0.3, -0.25) is 0 Å². The second-order valence-corrected chi connectivity index (χ2v) is 7.08. The number of hydrogen-bond acceptors (Lipinski definition) is 5. The molecule has 6 nitrogen and oxygen atoms in total. The largest absolute Gasteiger partial charge is 0.416 e. The maximum absolute atomic E-state index is 13.1. The second-order valence-electron chi connectivity index (χ2n) is 6.65. The van der Waals surface area contributed by atoms with Gasteiger partial charge in [-0.2, -0.15) is 17.7 Å². The Hall–Kier alpha value is -2.91. The van der Waals surface area contributed by atoms with Crippen molar-refractivity contribution in [2.75, 3.05) is 25.6 Å². The number of fused-ring (bicyclic) bond motifs is 3. The number of nitrogens with zero attached hydrogens (tertiary/aromatic N) is 4. The summed E-state index contributed by atoms with van der Waals surface area (Å²) in [5.74, 6) is 0.548. The SMILES string of the molecule is COCCCNc1nc2c(-c3cccc(C(F)(F)F)c3)nnn2c2ccc(Cl)cc12. The van der Waals surface area contributed by atoms with Crippen LogP contribution >= 0.6 is 11.6 Å². The summed E-state index contributed by atoms with van der Waals surface area (Å²) in [6, 6.07) is 10.2. The molecule has 30 heavy (non-hydrogen) atoms. The standard InChI is InChI=1S/C20H17ClF3N5O/c1-30-9-3-8-25-18-15-11-14(21)6-7-16(15)29-19(26-18)17(27-28-29)12-4-2-5-13(10-12)20(22,23)24/h2,4-7,10-11H,3,8-9H2,1H3,(H,25,26). The van der Waals surface area contributed by atoms with Gasteiger partial charge in [0, 0.05) is 36.2 Å². The van der Waals surface area contributed by atoms with E-state index in [0.29, 0.717) is 35.2 Å². The minimum absolute atomic E-state index is 0.262. The van der Waals surface area contributed by atoms with Crippen LogP contribution in [0.4, 0.5) is 19.0 Å². The van der Waals surface area contributed by atoms with Crippen molar-refractivity contribution in [2.45, 2.75) is 12.6 Å². The fourth-order valence-electron chi connectivity index (χ4n) is 3.18. The zero-order valence-corrected chi connectivity index (χ0v) is 16.6. The Morgan fingerprint density at radius 1 is 1.17 bits per heavy atom. The number of alkyl halides is 3. The smallest absolute Gasteiger partial charge is 0.385 e. The van der Waals surface area contributed by atoms with E-state index in [-0.39, 0.29) is 11.3 Å². The number of benzene rings is 2. The Morgan fingerprint density at radius 2 is 2.00 bits per heavy atom. The number of methoxy groups -OCH3 is 1. The normalized spacial score (nSPS) is 12.0. The van der Waals surface area contributed by atoms with Gasteiger partial charge in [0.2, 0.25) is 0 Å². The highest BCUT2D eigenvalue weighted by Crippen LogP contribution is 2.34. The number of hydrogen-bond donors (Lipinski definition) is 1. The second kappa shape index (κ2) is 8.08. The van der Waals surface area contributed by atoms with Crippen LogP contribution in [0.2, 0.25) is 5.02 Å². The molecule has 1 N–H and O–H groups in total. The molecule has 2 aromatic carbocycles. The fourth-order valence-corrected chi connectivity index (χ4v) is 3.35. The summed E-state index contributed by atoms with van der Waals surface area (Å²) in [6.07, 6.45) is -3.70. The van der Waals surface area contributed by atoms with Crippen molar-refractivity contribution in [3.8, 4) is 11.3 Å². The van der Waals surface area contributed by atoms with Crippen molar-refractivity contribution >= 4 is 34.0 Å². The third-order valence-electron chi connectivity index (χ3n) is 4.59. The van der Waals surface area contributed by atoms with Crippen LogP contribution in [-0.4, -0.2) is 40.1 Å². The van der Waals surface area contributed by atoms with Gasteiger partial charge in [0.1, 0.15) is 11.5 Å². The monoisotopic (exact) mass is 435 g/mol. The van der Waals surface area contributed by atoms with Gasteiger partial charge in [0.25, 0.3) is 0 Å². The van der Waals surface area contributed by atoms with E-state index in [0.717, 1.165) is 23.9 Å². The lowest BCUT2D eigenvalue weighted by Crippen LogP contribution is -2.08. The van der Waals surface area contributed by atoms with Crippen LogP contribution in [0, 0.1) is 0 Å². The summed E-state index contributed by atoms with van der Waals surface area (Å²) in [5, 5.41) is 12.7. The maximum atomic E-state index is 13.1. The highest BCUT2D eigenvalue weighted by molar-refractivity contribution is 6.31. The highest BCUT2D eigenvalue weighted by atomic mass is 35.5. The molecule has 0 amide bonds. The third-order valence-corrected chi connectivity index (χ3v) is 4.82. The van der Waals surface area contributed by atoms with Crippen molar-refractivity contribution in [2.24, 2.45) is 0 Å². The van der Waals surface area contributed by atoms with Gasteiger partial charge in [-0.25, -0.2) is 4.98 Å². The summed E-state index contributed by atoms with van der Waals surface area (Å²) < 4.78 is 46.0. The van der Waals surface area contributed by atoms with E-state index < -0.39 is 11.7 Å². The Balaban J connectivity index is 1.86. The molecule has 0 fully saturated rings. The predicted molar refractivity (Wildman–Crippen MR) is 109 cm³/mol. The Labute approximate surface area is 174 Å². The lowest BCUT2D eigenvalue weighted by atomic mass is 10.1. The average Bonchev–Trinajstić information content (AvgIpc) is 3.14. The Bertz CT molecular complexity index is 1210. The number of anilines is 1. The molecule has 2 heterocycles. The number of aromatic nitrogens is 4. The first-order chi connectivity index (χ1) is 14.4. The van der Waals surface area contributed by atoms with Crippen molar-refractivity contribution in [1.29, 1.82) is 0 Å². The van der Waals surface area contributed by atoms with Gasteiger partial charge in [-0.1, -0.05) is 28.9 Å². The van der Waals surface area contributed by atoms with E-state index in [2.05, 4.69) is 20.6 Å². The van der Waals surface area contributed by atoms with E-state index >= 15 is 0 Å². The van der Waals surface area contributed by atoms with Gasteiger partial charge < -0.3 is 10.1 Å². The quantitative estimate of drug-likeness (QED) is 0.429. The minimum Gasteiger partial charge on any atom is -0.385 e. The third kappa shape index (κ3) is 3.90. The fraction of sp³-hybridized carbons (Fsp3) is 0.250. The van der Waals surface area contributed by atoms with E-state index in [9.17, 15) is 13.2 Å². The molecule has 4 rings (SSSR count). The van der Waals surface area contributed by atoms with Crippen LogP contribution in [0.3, 0.4) is 0 Å². The summed E-state index contributed by atoms with van der Waals surface area (Å²) in [6.45, 7) is 1.18. The lowest BCUT2D eigenvalue weighted by molar-refractivity contribution is -0.137. The molecule has 0 bridgehead atoms. The molecule has 0 aliphatic rings. The van der Waals surface area contributed by atoms with E-state index in [1.807, 2.05) is 0 Å².